The molecule has 4 rings (SSSR count). The molecule has 0 saturated heterocycles. The fourth-order valence-electron chi connectivity index (χ4n) is 4.11. The van der Waals surface area contributed by atoms with E-state index in [1.54, 1.807) is 55.6 Å². The number of benzene rings is 3. The summed E-state index contributed by atoms with van der Waals surface area (Å²) in [5, 5.41) is 3.59. The van der Waals surface area contributed by atoms with Gasteiger partial charge in [-0.25, -0.2) is 4.39 Å². The van der Waals surface area contributed by atoms with Gasteiger partial charge in [0.2, 0.25) is 0 Å². The number of rotatable bonds is 7. The van der Waals surface area contributed by atoms with Crippen molar-refractivity contribution in [1.82, 2.24) is 0 Å². The molecule has 0 heterocycles. The molecule has 2 atom stereocenters. The molecule has 0 bridgehead atoms. The normalized spacial score (nSPS) is 20.5. The number of amides is 1. The fraction of sp³-hybridized carbons (Fsp3) is 0.200. The maximum Gasteiger partial charge on any atom is 0.261 e. The Morgan fingerprint density at radius 3 is 2.41 bits per heavy atom. The van der Waals surface area contributed by atoms with Crippen LogP contribution in [0.2, 0.25) is 10.0 Å². The molecule has 1 aliphatic carbocycles. The topological polar surface area (TPSA) is 49.4 Å². The zero-order valence-corrected chi connectivity index (χ0v) is 20.9. The van der Waals surface area contributed by atoms with Crippen LogP contribution in [0.3, 0.4) is 0 Å². The lowest BCUT2D eigenvalue weighted by Gasteiger charge is -2.19. The maximum atomic E-state index is 15.3. The van der Waals surface area contributed by atoms with E-state index >= 15 is 4.39 Å². The van der Waals surface area contributed by atoms with Crippen molar-refractivity contribution in [3.8, 4) is 0 Å². The summed E-state index contributed by atoms with van der Waals surface area (Å²) in [7, 11) is 1.57. The lowest BCUT2D eigenvalue weighted by Crippen LogP contribution is -2.28. The minimum Gasteiger partial charge on any atom is -0.382 e. The molecule has 3 aromatic carbocycles. The van der Waals surface area contributed by atoms with Gasteiger partial charge >= 0.3 is 0 Å². The second kappa shape index (κ2) is 9.38. The van der Waals surface area contributed by atoms with E-state index in [1.165, 1.54) is 17.0 Å². The predicted octanol–water partition coefficient (Wildman–Crippen LogP) is 6.98. The van der Waals surface area contributed by atoms with Gasteiger partial charge in [-0.2, -0.15) is 0 Å². The minimum atomic E-state index is -1.43. The van der Waals surface area contributed by atoms with E-state index in [1.807, 2.05) is 6.07 Å². The highest BCUT2D eigenvalue weighted by Gasteiger charge is 2.76. The van der Waals surface area contributed by atoms with E-state index in [0.29, 0.717) is 27.6 Å². The van der Waals surface area contributed by atoms with Crippen LogP contribution in [0, 0.1) is 11.2 Å². The molecule has 1 N–H and O–H groups in total. The van der Waals surface area contributed by atoms with Crippen LogP contribution < -0.4 is 10.2 Å². The summed E-state index contributed by atoms with van der Waals surface area (Å²) >= 11 is 25.1. The number of alkyl halides is 2. The monoisotopic (exact) mass is 538 g/mol. The molecule has 0 radical (unpaired) electrons. The van der Waals surface area contributed by atoms with Gasteiger partial charge in [0.15, 0.2) is 5.82 Å². The Labute approximate surface area is 216 Å². The van der Waals surface area contributed by atoms with Gasteiger partial charge in [-0.05, 0) is 42.0 Å². The molecule has 0 aromatic heterocycles. The zero-order valence-electron chi connectivity index (χ0n) is 17.9. The first-order chi connectivity index (χ1) is 16.1. The van der Waals surface area contributed by atoms with Crippen LogP contribution >= 0.6 is 46.4 Å². The Hall–Kier alpha value is -2.31. The number of para-hydroxylation sites is 1. The third kappa shape index (κ3) is 4.16. The molecule has 1 amide bonds. The third-order valence-electron chi connectivity index (χ3n) is 6.15. The number of hydrogen-bond donors (Lipinski definition) is 1. The Morgan fingerprint density at radius 1 is 1.06 bits per heavy atom. The van der Waals surface area contributed by atoms with E-state index in [-0.39, 0.29) is 17.8 Å². The summed E-state index contributed by atoms with van der Waals surface area (Å²) in [5.41, 5.74) is -0.0294. The van der Waals surface area contributed by atoms with Crippen molar-refractivity contribution >= 4 is 70.0 Å². The van der Waals surface area contributed by atoms with Crippen molar-refractivity contribution in [2.45, 2.75) is 10.3 Å². The molecule has 3 aromatic rings. The van der Waals surface area contributed by atoms with E-state index in [0.717, 1.165) is 0 Å². The van der Waals surface area contributed by atoms with Gasteiger partial charge in [-0.15, -0.1) is 0 Å². The molecule has 1 fully saturated rings. The molecular formula is C25H19Cl4FN2O2. The quantitative estimate of drug-likeness (QED) is 0.260. The first-order valence-electron chi connectivity index (χ1n) is 10.3. The van der Waals surface area contributed by atoms with Crippen molar-refractivity contribution in [2.75, 3.05) is 23.8 Å². The van der Waals surface area contributed by atoms with E-state index in [2.05, 4.69) is 5.32 Å². The van der Waals surface area contributed by atoms with Gasteiger partial charge in [-0.3, -0.25) is 4.79 Å². The summed E-state index contributed by atoms with van der Waals surface area (Å²) in [6, 6.07) is 18.3. The Bertz CT molecular complexity index is 1250. The molecule has 9 heteroatoms. The first kappa shape index (κ1) is 24.8. The van der Waals surface area contributed by atoms with Gasteiger partial charge in [0.1, 0.15) is 10.6 Å². The number of anilines is 2. The SMILES string of the molecule is CN(C(=O)c1cccc(NCC2(C=O)C(c3ccc(Cl)c(Cl)c3)C2(Cl)Cl)c1F)c1ccccc1. The number of hydrogen-bond acceptors (Lipinski definition) is 3. The van der Waals surface area contributed by atoms with Crippen LogP contribution in [0.5, 0.6) is 0 Å². The van der Waals surface area contributed by atoms with Crippen molar-refractivity contribution in [2.24, 2.45) is 5.41 Å². The zero-order chi connectivity index (χ0) is 24.7. The smallest absolute Gasteiger partial charge is 0.261 e. The summed E-state index contributed by atoms with van der Waals surface area (Å²) in [4.78, 5) is 26.4. The van der Waals surface area contributed by atoms with Crippen molar-refractivity contribution in [1.29, 1.82) is 0 Å². The van der Waals surface area contributed by atoms with Gasteiger partial charge in [0.25, 0.3) is 5.91 Å². The maximum absolute atomic E-state index is 15.3. The summed E-state index contributed by atoms with van der Waals surface area (Å²) in [6.07, 6.45) is 0.670. The minimum absolute atomic E-state index is 0.0532. The van der Waals surface area contributed by atoms with Crippen LogP contribution in [0.25, 0.3) is 0 Å². The molecule has 34 heavy (non-hydrogen) atoms. The molecule has 0 aliphatic heterocycles. The lowest BCUT2D eigenvalue weighted by molar-refractivity contribution is -0.112. The van der Waals surface area contributed by atoms with Gasteiger partial charge in [0, 0.05) is 25.2 Å². The van der Waals surface area contributed by atoms with E-state index in [9.17, 15) is 9.59 Å². The highest BCUT2D eigenvalue weighted by atomic mass is 35.5. The predicted molar refractivity (Wildman–Crippen MR) is 136 cm³/mol. The largest absolute Gasteiger partial charge is 0.382 e. The summed E-state index contributed by atoms with van der Waals surface area (Å²) in [6.45, 7) is -0.0580. The van der Waals surface area contributed by atoms with E-state index < -0.39 is 27.4 Å². The number of nitrogens with zero attached hydrogens (tertiary/aromatic N) is 1. The fourth-order valence-corrected chi connectivity index (χ4v) is 5.39. The molecule has 1 aliphatic rings. The average molecular weight is 540 g/mol. The molecule has 1 saturated carbocycles. The van der Waals surface area contributed by atoms with Crippen LogP contribution in [0.1, 0.15) is 21.8 Å². The molecule has 4 nitrogen and oxygen atoms in total. The number of carbonyl (C=O) groups excluding carboxylic acids is 2. The van der Waals surface area contributed by atoms with Crippen LogP contribution in [-0.4, -0.2) is 30.1 Å². The van der Waals surface area contributed by atoms with Crippen LogP contribution in [-0.2, 0) is 4.79 Å². The van der Waals surface area contributed by atoms with Crippen LogP contribution in [0.4, 0.5) is 15.8 Å². The Morgan fingerprint density at radius 2 is 1.76 bits per heavy atom. The highest BCUT2D eigenvalue weighted by Crippen LogP contribution is 2.73. The lowest BCUT2D eigenvalue weighted by atomic mass is 10.00. The Kier molecular flexibility index (Phi) is 6.85. The van der Waals surface area contributed by atoms with Crippen molar-refractivity contribution in [3.63, 3.8) is 0 Å². The van der Waals surface area contributed by atoms with E-state index in [4.69, 9.17) is 46.4 Å². The van der Waals surface area contributed by atoms with Crippen molar-refractivity contribution in [3.05, 3.63) is 93.7 Å². The summed E-state index contributed by atoms with van der Waals surface area (Å²) < 4.78 is 13.9. The second-order valence-corrected chi connectivity index (χ2v) is 10.3. The highest BCUT2D eigenvalue weighted by molar-refractivity contribution is 6.54. The standard InChI is InChI=1S/C25H19Cl4FN2O2/c1-32(16-6-3-2-4-7-16)23(34)17-8-5-9-20(21(17)30)31-13-24(14-33)22(25(24,28)29)15-10-11-18(26)19(27)12-15/h2-12,14,22,31H,13H2,1H3. The van der Waals surface area contributed by atoms with Gasteiger partial charge in [0.05, 0.1) is 26.7 Å². The number of carbonyl (C=O) groups is 2. The number of aldehydes is 1. The molecule has 176 valence electrons. The molecular weight excluding hydrogens is 521 g/mol. The summed E-state index contributed by atoms with van der Waals surface area (Å²) in [5.74, 6) is -1.83. The first-order valence-corrected chi connectivity index (χ1v) is 11.8. The molecule has 0 spiro atoms. The average Bonchev–Trinajstić information content (AvgIpc) is 3.34. The van der Waals surface area contributed by atoms with Crippen LogP contribution in [0.15, 0.2) is 66.7 Å². The van der Waals surface area contributed by atoms with Crippen molar-refractivity contribution < 1.29 is 14.0 Å². The second-order valence-electron chi connectivity index (χ2n) is 8.11. The van der Waals surface area contributed by atoms with Gasteiger partial charge < -0.3 is 15.0 Å². The number of nitrogens with one attached hydrogen (secondary N) is 1. The van der Waals surface area contributed by atoms with Gasteiger partial charge in [-0.1, -0.05) is 76.7 Å². The Balaban J connectivity index is 1.57. The molecule has 2 unspecified atom stereocenters. The number of halogens is 5. The third-order valence-corrected chi connectivity index (χ3v) is 8.03.